The molecule has 0 radical (unpaired) electrons. The number of amides is 1. The van der Waals surface area contributed by atoms with E-state index in [1.165, 1.54) is 0 Å². The van der Waals surface area contributed by atoms with Crippen molar-refractivity contribution in [2.75, 3.05) is 10.7 Å². The highest BCUT2D eigenvalue weighted by Gasteiger charge is 2.24. The maximum absolute atomic E-state index is 12.9. The predicted molar refractivity (Wildman–Crippen MR) is 116 cm³/mol. The fourth-order valence-corrected chi connectivity index (χ4v) is 4.21. The van der Waals surface area contributed by atoms with E-state index >= 15 is 0 Å². The van der Waals surface area contributed by atoms with Crippen LogP contribution in [0.5, 0.6) is 0 Å². The van der Waals surface area contributed by atoms with Crippen LogP contribution in [-0.4, -0.2) is 36.7 Å². The third-order valence-electron chi connectivity index (χ3n) is 4.48. The van der Waals surface area contributed by atoms with E-state index in [9.17, 15) is 9.00 Å². The molecular formula is C21H23ClN4O2S. The van der Waals surface area contributed by atoms with Gasteiger partial charge in [-0.25, -0.2) is 0 Å². The Morgan fingerprint density at radius 2 is 1.76 bits per heavy atom. The van der Waals surface area contributed by atoms with Crippen LogP contribution in [-0.2, 0) is 29.1 Å². The Bertz CT molecular complexity index is 1000. The molecule has 1 heterocycles. The molecule has 0 saturated heterocycles. The normalized spacial score (nSPS) is 12.2. The van der Waals surface area contributed by atoms with Gasteiger partial charge in [-0.05, 0) is 43.7 Å². The summed E-state index contributed by atoms with van der Waals surface area (Å²) in [4.78, 5) is 14.5. The number of carbonyl (C=O) groups is 1. The Morgan fingerprint density at radius 1 is 1.10 bits per heavy atom. The Hall–Kier alpha value is -2.51. The van der Waals surface area contributed by atoms with Crippen molar-refractivity contribution < 1.29 is 9.00 Å². The smallest absolute Gasteiger partial charge is 0.240 e. The molecule has 6 nitrogen and oxygen atoms in total. The average molecular weight is 431 g/mol. The average Bonchev–Trinajstić information content (AvgIpc) is 3.04. The Balaban J connectivity index is 1.74. The maximum atomic E-state index is 12.9. The van der Waals surface area contributed by atoms with Crippen molar-refractivity contribution in [1.29, 1.82) is 0 Å². The van der Waals surface area contributed by atoms with Gasteiger partial charge in [-0.1, -0.05) is 41.9 Å². The number of nitrogens with zero attached hydrogens (tertiary/aromatic N) is 4. The van der Waals surface area contributed by atoms with Gasteiger partial charge in [0.15, 0.2) is 0 Å². The molecule has 3 rings (SSSR count). The van der Waals surface area contributed by atoms with Gasteiger partial charge < -0.3 is 9.47 Å². The lowest BCUT2D eigenvalue weighted by Crippen LogP contribution is -2.40. The summed E-state index contributed by atoms with van der Waals surface area (Å²) in [6.45, 7) is 3.86. The monoisotopic (exact) mass is 430 g/mol. The van der Waals surface area contributed by atoms with E-state index in [0.717, 1.165) is 11.3 Å². The third kappa shape index (κ3) is 5.10. The molecule has 0 aliphatic rings. The van der Waals surface area contributed by atoms with E-state index in [1.54, 1.807) is 16.5 Å². The van der Waals surface area contributed by atoms with Crippen LogP contribution < -0.4 is 4.90 Å². The zero-order valence-corrected chi connectivity index (χ0v) is 18.2. The minimum atomic E-state index is -1.60. The molecule has 3 aromatic rings. The summed E-state index contributed by atoms with van der Waals surface area (Å²) < 4.78 is 14.6. The number of anilines is 1. The Morgan fingerprint density at radius 3 is 2.38 bits per heavy atom. The lowest BCUT2D eigenvalue weighted by atomic mass is 10.1. The quantitative estimate of drug-likeness (QED) is 0.574. The van der Waals surface area contributed by atoms with Gasteiger partial charge >= 0.3 is 0 Å². The number of hydrogen-bond donors (Lipinski definition) is 0. The van der Waals surface area contributed by atoms with Crippen LogP contribution >= 0.6 is 11.6 Å². The van der Waals surface area contributed by atoms with E-state index in [0.29, 0.717) is 22.4 Å². The van der Waals surface area contributed by atoms with Gasteiger partial charge in [-0.3, -0.25) is 9.00 Å². The number of halogens is 1. The minimum absolute atomic E-state index is 0.0538. The first-order valence-corrected chi connectivity index (χ1v) is 10.9. The second-order valence-electron chi connectivity index (χ2n) is 6.94. The highest BCUT2D eigenvalue weighted by molar-refractivity contribution is 7.85. The van der Waals surface area contributed by atoms with Crippen LogP contribution in [0.15, 0.2) is 59.8 Å². The number of aromatic nitrogens is 3. The maximum Gasteiger partial charge on any atom is 0.240 e. The van der Waals surface area contributed by atoms with E-state index in [2.05, 4.69) is 10.2 Å². The first kappa shape index (κ1) is 21.2. The fourth-order valence-electron chi connectivity index (χ4n) is 3.05. The van der Waals surface area contributed by atoms with Crippen LogP contribution in [0.4, 0.5) is 5.69 Å². The van der Waals surface area contributed by atoms with E-state index in [4.69, 9.17) is 11.6 Å². The lowest BCUT2D eigenvalue weighted by molar-refractivity contribution is -0.116. The number of hydrogen-bond acceptors (Lipinski definition) is 4. The zero-order chi connectivity index (χ0) is 21.0. The molecule has 29 heavy (non-hydrogen) atoms. The van der Waals surface area contributed by atoms with Crippen molar-refractivity contribution >= 4 is 34.0 Å². The van der Waals surface area contributed by atoms with Crippen molar-refractivity contribution in [3.8, 4) is 0 Å². The molecule has 8 heteroatoms. The molecule has 0 saturated carbocycles. The second-order valence-corrected chi connectivity index (χ2v) is 8.73. The zero-order valence-electron chi connectivity index (χ0n) is 16.6. The summed E-state index contributed by atoms with van der Waals surface area (Å²) in [5, 5.41) is 9.19. The molecule has 0 spiro atoms. The number of carbonyl (C=O) groups excluding carboxylic acids is 1. The highest BCUT2D eigenvalue weighted by atomic mass is 35.5. The summed E-state index contributed by atoms with van der Waals surface area (Å²) in [5.74, 6) is 0.304. The van der Waals surface area contributed by atoms with Crippen LogP contribution in [0.2, 0.25) is 5.02 Å². The van der Waals surface area contributed by atoms with Crippen molar-refractivity contribution in [2.45, 2.75) is 31.5 Å². The summed E-state index contributed by atoms with van der Waals surface area (Å²) >= 11 is 5.92. The molecule has 2 aromatic carbocycles. The van der Waals surface area contributed by atoms with Crippen molar-refractivity contribution in [3.05, 3.63) is 71.0 Å². The standard InChI is InChI=1S/C21H23ClN4O2S/c1-15(2)26(18-7-5-4-6-8-18)20(27)14-29(28)21-24-23-19(25(21)3)13-16-9-11-17(22)12-10-16/h4-12,15H,13-14H2,1-3H3/t29-/m1/s1. The van der Waals surface area contributed by atoms with Gasteiger partial charge in [0.1, 0.15) is 22.4 Å². The van der Waals surface area contributed by atoms with E-state index < -0.39 is 10.8 Å². The van der Waals surface area contributed by atoms with Crippen molar-refractivity contribution in [3.63, 3.8) is 0 Å². The lowest BCUT2D eigenvalue weighted by Gasteiger charge is -2.26. The van der Waals surface area contributed by atoms with E-state index in [-0.39, 0.29) is 17.7 Å². The molecule has 152 valence electrons. The Labute approximate surface area is 178 Å². The van der Waals surface area contributed by atoms with Crippen LogP contribution in [0, 0.1) is 0 Å². The minimum Gasteiger partial charge on any atom is -0.309 e. The molecule has 0 aliphatic heterocycles. The van der Waals surface area contributed by atoms with Crippen LogP contribution in [0.3, 0.4) is 0 Å². The molecule has 0 N–H and O–H groups in total. The number of rotatable bonds is 7. The molecular weight excluding hydrogens is 408 g/mol. The SMILES string of the molecule is CC(C)N(C(=O)C[S@@](=O)c1nnc(Cc2ccc(Cl)cc2)n1C)c1ccccc1. The largest absolute Gasteiger partial charge is 0.309 e. The summed E-state index contributed by atoms with van der Waals surface area (Å²) in [6.07, 6.45) is 0.536. The van der Waals surface area contributed by atoms with Gasteiger partial charge in [0.05, 0.1) is 0 Å². The second kappa shape index (κ2) is 9.33. The topological polar surface area (TPSA) is 68.1 Å². The number of benzene rings is 2. The molecule has 1 atom stereocenters. The van der Waals surface area contributed by atoms with Gasteiger partial charge in [-0.2, -0.15) is 0 Å². The Kier molecular flexibility index (Phi) is 6.82. The number of para-hydroxylation sites is 1. The summed E-state index contributed by atoms with van der Waals surface area (Å²) in [6, 6.07) is 16.8. The predicted octanol–water partition coefficient (Wildman–Crippen LogP) is 3.61. The van der Waals surface area contributed by atoms with Crippen LogP contribution in [0.25, 0.3) is 0 Å². The molecule has 0 unspecified atom stereocenters. The van der Waals surface area contributed by atoms with Gasteiger partial charge in [0, 0.05) is 30.2 Å². The molecule has 0 aliphatic carbocycles. The van der Waals surface area contributed by atoms with Gasteiger partial charge in [0.2, 0.25) is 11.1 Å². The fraction of sp³-hybridized carbons (Fsp3) is 0.286. The summed E-state index contributed by atoms with van der Waals surface area (Å²) in [5.41, 5.74) is 1.80. The van der Waals surface area contributed by atoms with Crippen molar-refractivity contribution in [1.82, 2.24) is 14.8 Å². The molecule has 0 fully saturated rings. The van der Waals surface area contributed by atoms with E-state index in [1.807, 2.05) is 68.4 Å². The molecule has 1 amide bonds. The molecule has 1 aromatic heterocycles. The first-order valence-electron chi connectivity index (χ1n) is 9.25. The van der Waals surface area contributed by atoms with Crippen LogP contribution in [0.1, 0.15) is 25.2 Å². The third-order valence-corrected chi connectivity index (χ3v) is 6.00. The molecule has 0 bridgehead atoms. The van der Waals surface area contributed by atoms with Gasteiger partial charge in [0.25, 0.3) is 0 Å². The van der Waals surface area contributed by atoms with Gasteiger partial charge in [-0.15, -0.1) is 10.2 Å². The summed E-state index contributed by atoms with van der Waals surface area (Å²) in [7, 11) is 0.164. The highest BCUT2D eigenvalue weighted by Crippen LogP contribution is 2.18. The first-order chi connectivity index (χ1) is 13.9. The van der Waals surface area contributed by atoms with Crippen molar-refractivity contribution in [2.24, 2.45) is 7.05 Å².